The summed E-state index contributed by atoms with van der Waals surface area (Å²) in [6.45, 7) is 3.40. The summed E-state index contributed by atoms with van der Waals surface area (Å²) in [5.74, 6) is 0.784. The fourth-order valence-electron chi connectivity index (χ4n) is 3.48. The Kier molecular flexibility index (Phi) is 2.73. The van der Waals surface area contributed by atoms with Crippen molar-refractivity contribution in [3.05, 3.63) is 36.3 Å². The summed E-state index contributed by atoms with van der Waals surface area (Å²) in [5.41, 5.74) is 1.50. The molecule has 0 radical (unpaired) electrons. The van der Waals surface area contributed by atoms with Crippen molar-refractivity contribution in [1.82, 2.24) is 19.6 Å². The second-order valence-electron chi connectivity index (χ2n) is 5.93. The average Bonchev–Trinajstić information content (AvgIpc) is 3.04. The first-order valence-corrected chi connectivity index (χ1v) is 7.24. The van der Waals surface area contributed by atoms with E-state index in [2.05, 4.69) is 15.2 Å². The molecule has 2 fully saturated rings. The van der Waals surface area contributed by atoms with Crippen LogP contribution in [0.25, 0.3) is 5.65 Å². The molecule has 3 atom stereocenters. The van der Waals surface area contributed by atoms with Crippen LogP contribution in [-0.2, 0) is 0 Å². The quantitative estimate of drug-likeness (QED) is 0.891. The highest BCUT2D eigenvalue weighted by molar-refractivity contribution is 5.95. The maximum atomic E-state index is 12.3. The van der Waals surface area contributed by atoms with Crippen LogP contribution in [0.5, 0.6) is 0 Å². The highest BCUT2D eigenvalue weighted by Crippen LogP contribution is 2.26. The third-order valence-corrected chi connectivity index (χ3v) is 4.46. The van der Waals surface area contributed by atoms with Gasteiger partial charge in [-0.3, -0.25) is 4.79 Å². The molecule has 104 valence electrons. The zero-order chi connectivity index (χ0) is 13.5. The Morgan fingerprint density at radius 1 is 1.35 bits per heavy atom. The molecule has 0 aliphatic carbocycles. The molecule has 2 saturated heterocycles. The van der Waals surface area contributed by atoms with E-state index in [1.54, 1.807) is 6.20 Å². The van der Waals surface area contributed by atoms with Crippen LogP contribution >= 0.6 is 0 Å². The van der Waals surface area contributed by atoms with E-state index in [1.165, 1.54) is 19.5 Å². The maximum Gasteiger partial charge on any atom is 0.251 e. The number of aromatic nitrogens is 2. The predicted octanol–water partition coefficient (Wildman–Crippen LogP) is 1.16. The van der Waals surface area contributed by atoms with Gasteiger partial charge in [0.05, 0.1) is 0 Å². The van der Waals surface area contributed by atoms with Crippen molar-refractivity contribution in [3.8, 4) is 0 Å². The van der Waals surface area contributed by atoms with E-state index < -0.39 is 0 Å². The highest BCUT2D eigenvalue weighted by Gasteiger charge is 2.32. The molecular weight excluding hydrogens is 252 g/mol. The van der Waals surface area contributed by atoms with Gasteiger partial charge < -0.3 is 14.6 Å². The van der Waals surface area contributed by atoms with E-state index in [4.69, 9.17) is 0 Å². The van der Waals surface area contributed by atoms with E-state index in [9.17, 15) is 4.79 Å². The van der Waals surface area contributed by atoms with Gasteiger partial charge in [-0.25, -0.2) is 4.98 Å². The summed E-state index contributed by atoms with van der Waals surface area (Å²) >= 11 is 0. The van der Waals surface area contributed by atoms with Gasteiger partial charge in [-0.1, -0.05) is 0 Å². The number of fused-ring (bicyclic) bond motifs is 3. The zero-order valence-corrected chi connectivity index (χ0v) is 11.3. The van der Waals surface area contributed by atoms with Crippen LogP contribution in [0.2, 0.25) is 0 Å². The smallest absolute Gasteiger partial charge is 0.251 e. The summed E-state index contributed by atoms with van der Waals surface area (Å²) in [4.78, 5) is 19.0. The van der Waals surface area contributed by atoms with Gasteiger partial charge in [-0.2, -0.15) is 0 Å². The van der Waals surface area contributed by atoms with Crippen molar-refractivity contribution in [1.29, 1.82) is 0 Å². The number of rotatable bonds is 2. The minimum Gasteiger partial charge on any atom is -0.348 e. The lowest BCUT2D eigenvalue weighted by Crippen LogP contribution is -2.47. The molecule has 4 rings (SSSR count). The molecule has 5 heteroatoms. The van der Waals surface area contributed by atoms with E-state index in [0.29, 0.717) is 11.6 Å². The van der Waals surface area contributed by atoms with Gasteiger partial charge in [0, 0.05) is 43.3 Å². The van der Waals surface area contributed by atoms with Gasteiger partial charge in [0.1, 0.15) is 5.65 Å². The molecule has 2 aromatic rings. The van der Waals surface area contributed by atoms with Gasteiger partial charge in [0.2, 0.25) is 0 Å². The van der Waals surface area contributed by atoms with Crippen LogP contribution in [0, 0.1) is 5.92 Å². The predicted molar refractivity (Wildman–Crippen MR) is 75.6 cm³/mol. The molecule has 2 aliphatic heterocycles. The second kappa shape index (κ2) is 4.59. The van der Waals surface area contributed by atoms with E-state index >= 15 is 0 Å². The van der Waals surface area contributed by atoms with Crippen LogP contribution < -0.4 is 5.32 Å². The number of hydrogen-bond acceptors (Lipinski definition) is 3. The lowest BCUT2D eigenvalue weighted by atomic mass is 9.96. The molecule has 0 aromatic carbocycles. The van der Waals surface area contributed by atoms with Crippen molar-refractivity contribution in [3.63, 3.8) is 0 Å². The normalized spacial score (nSPS) is 28.7. The van der Waals surface area contributed by atoms with Crippen molar-refractivity contribution in [2.75, 3.05) is 19.6 Å². The Labute approximate surface area is 117 Å². The minimum absolute atomic E-state index is 0.0167. The molecule has 0 spiro atoms. The van der Waals surface area contributed by atoms with Gasteiger partial charge in [0.15, 0.2) is 0 Å². The third kappa shape index (κ3) is 2.08. The van der Waals surface area contributed by atoms with Crippen molar-refractivity contribution >= 4 is 11.6 Å². The maximum absolute atomic E-state index is 12.3. The van der Waals surface area contributed by atoms with Crippen LogP contribution in [0.1, 0.15) is 23.2 Å². The Balaban J connectivity index is 1.49. The Hall–Kier alpha value is -1.88. The number of nitrogens with one attached hydrogen (secondary N) is 1. The molecule has 2 bridgehead atoms. The highest BCUT2D eigenvalue weighted by atomic mass is 16.1. The number of imidazole rings is 1. The number of nitrogens with zero attached hydrogens (tertiary/aromatic N) is 3. The molecule has 1 N–H and O–H groups in total. The van der Waals surface area contributed by atoms with Gasteiger partial charge in [0.25, 0.3) is 5.91 Å². The number of carbonyl (C=O) groups excluding carboxylic acids is 1. The number of hydrogen-bond donors (Lipinski definition) is 1. The van der Waals surface area contributed by atoms with E-state index in [1.807, 2.05) is 28.9 Å². The van der Waals surface area contributed by atoms with Crippen molar-refractivity contribution in [2.45, 2.75) is 18.9 Å². The van der Waals surface area contributed by atoms with Crippen molar-refractivity contribution < 1.29 is 4.79 Å². The lowest BCUT2D eigenvalue weighted by molar-refractivity contribution is 0.0909. The largest absolute Gasteiger partial charge is 0.348 e. The molecule has 2 aliphatic rings. The van der Waals surface area contributed by atoms with Gasteiger partial charge in [-0.15, -0.1) is 0 Å². The summed E-state index contributed by atoms with van der Waals surface area (Å²) < 4.78 is 1.91. The third-order valence-electron chi connectivity index (χ3n) is 4.46. The van der Waals surface area contributed by atoms with Crippen molar-refractivity contribution in [2.24, 2.45) is 5.92 Å². The molecule has 20 heavy (non-hydrogen) atoms. The minimum atomic E-state index is 0.0167. The molecule has 1 amide bonds. The van der Waals surface area contributed by atoms with Crippen LogP contribution in [0.4, 0.5) is 0 Å². The van der Waals surface area contributed by atoms with E-state index in [0.717, 1.165) is 24.5 Å². The Morgan fingerprint density at radius 2 is 2.30 bits per heavy atom. The SMILES string of the molecule is O=C(N[C@@H]1CC2CCN(C2)C1)c1ccn2ccnc2c1. The number of carbonyl (C=O) groups is 1. The van der Waals surface area contributed by atoms with Gasteiger partial charge >= 0.3 is 0 Å². The summed E-state index contributed by atoms with van der Waals surface area (Å²) in [6, 6.07) is 3.98. The summed E-state index contributed by atoms with van der Waals surface area (Å²) in [6.07, 6.45) is 7.90. The first-order valence-electron chi connectivity index (χ1n) is 7.24. The zero-order valence-electron chi connectivity index (χ0n) is 11.3. The van der Waals surface area contributed by atoms with Crippen LogP contribution in [0.15, 0.2) is 30.7 Å². The molecule has 2 unspecified atom stereocenters. The average molecular weight is 270 g/mol. The van der Waals surface area contributed by atoms with E-state index in [-0.39, 0.29) is 5.91 Å². The summed E-state index contributed by atoms with van der Waals surface area (Å²) in [5, 5.41) is 3.18. The first-order chi connectivity index (χ1) is 9.78. The first kappa shape index (κ1) is 11.9. The molecule has 5 nitrogen and oxygen atoms in total. The Bertz CT molecular complexity index is 638. The molecule has 4 heterocycles. The topological polar surface area (TPSA) is 49.6 Å². The van der Waals surface area contributed by atoms with Crippen LogP contribution in [0.3, 0.4) is 0 Å². The number of pyridine rings is 1. The number of piperidine rings is 1. The second-order valence-corrected chi connectivity index (χ2v) is 5.93. The number of amides is 1. The monoisotopic (exact) mass is 270 g/mol. The standard InChI is InChI=1S/C15H18N4O/c20-15(12-2-5-19-6-3-16-14(19)8-12)17-13-7-11-1-4-18(9-11)10-13/h2-3,5-6,8,11,13H,1,4,7,9-10H2,(H,17,20)/t11?,13-/m1/s1. The molecule has 2 aromatic heterocycles. The lowest BCUT2D eigenvalue weighted by Gasteiger charge is -2.30. The molecule has 0 saturated carbocycles. The van der Waals surface area contributed by atoms with Gasteiger partial charge in [-0.05, 0) is 37.4 Å². The summed E-state index contributed by atoms with van der Waals surface area (Å²) in [7, 11) is 0. The fraction of sp³-hybridized carbons (Fsp3) is 0.467. The van der Waals surface area contributed by atoms with Crippen LogP contribution in [-0.4, -0.2) is 45.9 Å². The molecular formula is C15H18N4O. The Morgan fingerprint density at radius 3 is 3.20 bits per heavy atom. The fourth-order valence-corrected chi connectivity index (χ4v) is 3.48.